The molecule has 1 aromatic heterocycles. The number of fused-ring (bicyclic) bond motifs is 1. The van der Waals surface area contributed by atoms with Gasteiger partial charge in [0.05, 0.1) is 11.0 Å². The number of aromatic amines is 1. The maximum atomic E-state index is 4.86. The number of rotatable bonds is 4. The molecule has 1 saturated carbocycles. The Bertz CT molecular complexity index is 695. The van der Waals surface area contributed by atoms with E-state index in [1.165, 1.54) is 32.2 Å². The van der Waals surface area contributed by atoms with Crippen LogP contribution in [0.1, 0.15) is 38.4 Å². The Morgan fingerprint density at radius 1 is 1.33 bits per heavy atom. The van der Waals surface area contributed by atoms with Gasteiger partial charge in [0, 0.05) is 32.6 Å². The van der Waals surface area contributed by atoms with Crippen LogP contribution in [0.4, 0.5) is 0 Å². The fraction of sp³-hybridized carbons (Fsp3) is 0.579. The molecule has 0 unspecified atom stereocenters. The van der Waals surface area contributed by atoms with Crippen LogP contribution in [-0.2, 0) is 6.42 Å². The molecule has 0 radical (unpaired) electrons. The predicted molar refractivity (Wildman–Crippen MR) is 98.3 cm³/mol. The van der Waals surface area contributed by atoms with E-state index in [0.717, 1.165) is 48.9 Å². The number of H-pyrrole nitrogens is 1. The van der Waals surface area contributed by atoms with Crippen LogP contribution in [0.15, 0.2) is 29.3 Å². The lowest BCUT2D eigenvalue weighted by Gasteiger charge is -2.38. The third-order valence-corrected chi connectivity index (χ3v) is 5.54. The summed E-state index contributed by atoms with van der Waals surface area (Å²) in [5.74, 6) is 2.10. The number of aromatic nitrogens is 2. The lowest BCUT2D eigenvalue weighted by atomic mass is 9.68. The van der Waals surface area contributed by atoms with E-state index in [-0.39, 0.29) is 0 Å². The standard InChI is InChI=1S/C19H27N5/c1-2-20-18(24-13-11-19(14-24)9-5-10-19)21-12-8-17-22-15-6-3-4-7-16(15)23-17/h3-4,6-7H,2,5,8-14H2,1H3,(H,20,21)(H,22,23). The van der Waals surface area contributed by atoms with Crippen molar-refractivity contribution in [2.24, 2.45) is 10.4 Å². The summed E-state index contributed by atoms with van der Waals surface area (Å²) in [5, 5.41) is 3.47. The molecule has 1 aliphatic heterocycles. The minimum atomic E-state index is 0.606. The zero-order valence-electron chi connectivity index (χ0n) is 14.5. The molecular formula is C19H27N5. The van der Waals surface area contributed by atoms with Gasteiger partial charge in [0.1, 0.15) is 5.82 Å². The summed E-state index contributed by atoms with van der Waals surface area (Å²) in [4.78, 5) is 15.3. The average molecular weight is 325 g/mol. The van der Waals surface area contributed by atoms with Crippen LogP contribution in [0.25, 0.3) is 11.0 Å². The van der Waals surface area contributed by atoms with Crippen LogP contribution in [0, 0.1) is 5.41 Å². The number of aliphatic imine (C=N–C) groups is 1. The maximum Gasteiger partial charge on any atom is 0.193 e. The molecule has 4 rings (SSSR count). The van der Waals surface area contributed by atoms with Crippen molar-refractivity contribution in [1.29, 1.82) is 0 Å². The molecule has 128 valence electrons. The first-order valence-electron chi connectivity index (χ1n) is 9.25. The lowest BCUT2D eigenvalue weighted by molar-refractivity contribution is 0.151. The van der Waals surface area contributed by atoms with E-state index in [1.54, 1.807) is 0 Å². The van der Waals surface area contributed by atoms with Crippen molar-refractivity contribution in [3.8, 4) is 0 Å². The van der Waals surface area contributed by atoms with E-state index in [4.69, 9.17) is 4.99 Å². The van der Waals surface area contributed by atoms with Gasteiger partial charge in [0.25, 0.3) is 0 Å². The van der Waals surface area contributed by atoms with E-state index >= 15 is 0 Å². The zero-order valence-corrected chi connectivity index (χ0v) is 14.5. The summed E-state index contributed by atoms with van der Waals surface area (Å²) >= 11 is 0. The average Bonchev–Trinajstić information content (AvgIpc) is 3.18. The molecule has 1 aromatic carbocycles. The minimum absolute atomic E-state index is 0.606. The number of nitrogens with one attached hydrogen (secondary N) is 2. The second-order valence-electron chi connectivity index (χ2n) is 7.21. The van der Waals surface area contributed by atoms with Crippen molar-refractivity contribution in [2.75, 3.05) is 26.2 Å². The van der Waals surface area contributed by atoms with Crippen molar-refractivity contribution in [3.05, 3.63) is 30.1 Å². The first-order valence-corrected chi connectivity index (χ1v) is 9.25. The largest absolute Gasteiger partial charge is 0.357 e. The first kappa shape index (κ1) is 15.5. The summed E-state index contributed by atoms with van der Waals surface area (Å²) in [6.07, 6.45) is 6.40. The van der Waals surface area contributed by atoms with Crippen LogP contribution in [0.2, 0.25) is 0 Å². The Morgan fingerprint density at radius 2 is 2.21 bits per heavy atom. The van der Waals surface area contributed by atoms with Gasteiger partial charge in [-0.15, -0.1) is 0 Å². The van der Waals surface area contributed by atoms with Gasteiger partial charge >= 0.3 is 0 Å². The Kier molecular flexibility index (Phi) is 4.17. The summed E-state index contributed by atoms with van der Waals surface area (Å²) in [6, 6.07) is 8.18. The van der Waals surface area contributed by atoms with Crippen molar-refractivity contribution in [2.45, 2.75) is 39.0 Å². The number of nitrogens with zero attached hydrogens (tertiary/aromatic N) is 3. The molecule has 1 aliphatic carbocycles. The van der Waals surface area contributed by atoms with Gasteiger partial charge < -0.3 is 15.2 Å². The summed E-state index contributed by atoms with van der Waals surface area (Å²) in [5.41, 5.74) is 2.75. The molecule has 2 aliphatic rings. The van der Waals surface area contributed by atoms with Crippen molar-refractivity contribution in [3.63, 3.8) is 0 Å². The van der Waals surface area contributed by atoms with Crippen LogP contribution in [0.3, 0.4) is 0 Å². The van der Waals surface area contributed by atoms with E-state index in [1.807, 2.05) is 18.2 Å². The molecule has 0 atom stereocenters. The quantitative estimate of drug-likeness (QED) is 0.671. The second kappa shape index (κ2) is 6.46. The predicted octanol–water partition coefficient (Wildman–Crippen LogP) is 2.95. The Labute approximate surface area is 143 Å². The van der Waals surface area contributed by atoms with Crippen molar-refractivity contribution >= 4 is 17.0 Å². The Hall–Kier alpha value is -2.04. The molecule has 2 heterocycles. The van der Waals surface area contributed by atoms with Crippen LogP contribution in [-0.4, -0.2) is 47.0 Å². The maximum absolute atomic E-state index is 4.86. The highest BCUT2D eigenvalue weighted by Gasteiger charge is 2.43. The number of imidazole rings is 1. The molecule has 5 heteroatoms. The first-order chi connectivity index (χ1) is 11.8. The molecule has 5 nitrogen and oxygen atoms in total. The van der Waals surface area contributed by atoms with Gasteiger partial charge in [0.15, 0.2) is 5.96 Å². The molecule has 24 heavy (non-hydrogen) atoms. The fourth-order valence-electron chi connectivity index (χ4n) is 4.02. The SMILES string of the molecule is CCNC(=NCCc1nc2ccccc2[nH]1)N1CCC2(CCC2)C1. The van der Waals surface area contributed by atoms with E-state index in [2.05, 4.69) is 33.2 Å². The molecule has 2 N–H and O–H groups in total. The minimum Gasteiger partial charge on any atom is -0.357 e. The smallest absolute Gasteiger partial charge is 0.193 e. The van der Waals surface area contributed by atoms with Crippen molar-refractivity contribution < 1.29 is 0 Å². The molecule has 2 aromatic rings. The topological polar surface area (TPSA) is 56.3 Å². The monoisotopic (exact) mass is 325 g/mol. The molecule has 0 bridgehead atoms. The Morgan fingerprint density at radius 3 is 2.92 bits per heavy atom. The number of likely N-dealkylation sites (tertiary alicyclic amines) is 1. The molecule has 0 amide bonds. The van der Waals surface area contributed by atoms with Gasteiger partial charge in [-0.25, -0.2) is 4.98 Å². The van der Waals surface area contributed by atoms with Gasteiger partial charge in [-0.05, 0) is 43.7 Å². The molecule has 2 fully saturated rings. The van der Waals surface area contributed by atoms with Crippen LogP contribution >= 0.6 is 0 Å². The summed E-state index contributed by atoms with van der Waals surface area (Å²) < 4.78 is 0. The second-order valence-corrected chi connectivity index (χ2v) is 7.21. The fourth-order valence-corrected chi connectivity index (χ4v) is 4.02. The lowest BCUT2D eigenvalue weighted by Crippen LogP contribution is -2.42. The summed E-state index contributed by atoms with van der Waals surface area (Å²) in [7, 11) is 0. The van der Waals surface area contributed by atoms with Gasteiger partial charge in [-0.1, -0.05) is 18.6 Å². The summed E-state index contributed by atoms with van der Waals surface area (Å²) in [6.45, 7) is 6.17. The number of para-hydroxylation sites is 2. The van der Waals surface area contributed by atoms with E-state index < -0.39 is 0 Å². The third kappa shape index (κ3) is 2.99. The molecule has 1 spiro atoms. The highest BCUT2D eigenvalue weighted by Crippen LogP contribution is 2.47. The van der Waals surface area contributed by atoms with E-state index in [9.17, 15) is 0 Å². The van der Waals surface area contributed by atoms with Crippen molar-refractivity contribution in [1.82, 2.24) is 20.2 Å². The third-order valence-electron chi connectivity index (χ3n) is 5.54. The molecule has 1 saturated heterocycles. The number of hydrogen-bond acceptors (Lipinski definition) is 2. The highest BCUT2D eigenvalue weighted by atomic mass is 15.3. The molecular weight excluding hydrogens is 298 g/mol. The van der Waals surface area contributed by atoms with Crippen LogP contribution in [0.5, 0.6) is 0 Å². The van der Waals surface area contributed by atoms with Crippen LogP contribution < -0.4 is 5.32 Å². The van der Waals surface area contributed by atoms with Gasteiger partial charge in [-0.2, -0.15) is 0 Å². The number of benzene rings is 1. The van der Waals surface area contributed by atoms with Gasteiger partial charge in [0.2, 0.25) is 0 Å². The normalized spacial score (nSPS) is 19.9. The Balaban J connectivity index is 1.40. The highest BCUT2D eigenvalue weighted by molar-refractivity contribution is 5.80. The van der Waals surface area contributed by atoms with E-state index in [0.29, 0.717) is 5.41 Å². The zero-order chi connectivity index (χ0) is 16.4. The number of guanidine groups is 1. The number of hydrogen-bond donors (Lipinski definition) is 2. The van der Waals surface area contributed by atoms with Gasteiger partial charge in [-0.3, -0.25) is 4.99 Å².